The van der Waals surface area contributed by atoms with Crippen LogP contribution in [-0.2, 0) is 6.54 Å². The van der Waals surface area contributed by atoms with Gasteiger partial charge in [-0.3, -0.25) is 24.9 Å². The van der Waals surface area contributed by atoms with Crippen LogP contribution in [0.15, 0.2) is 190 Å². The first kappa shape index (κ1) is 35.7. The molecule has 0 aliphatic rings. The fourth-order valence-corrected chi connectivity index (χ4v) is 9.43. The minimum atomic E-state index is -2.03. The van der Waals surface area contributed by atoms with Crippen LogP contribution in [-0.4, -0.2) is 9.85 Å². The Labute approximate surface area is 337 Å². The number of anilines is 1. The van der Waals surface area contributed by atoms with Crippen molar-refractivity contribution in [3.63, 3.8) is 0 Å². The van der Waals surface area contributed by atoms with Gasteiger partial charge in [0.1, 0.15) is 0 Å². The molecule has 0 radical (unpaired) electrons. The van der Waals surface area contributed by atoms with Gasteiger partial charge in [0.05, 0.1) is 22.1 Å². The zero-order chi connectivity index (χ0) is 40.0. The van der Waals surface area contributed by atoms with Gasteiger partial charge in [0.15, 0.2) is 11.2 Å². The molecule has 1 aromatic heterocycles. The lowest BCUT2D eigenvalue weighted by atomic mass is 9.91. The molecule has 0 amide bonds. The van der Waals surface area contributed by atoms with Crippen molar-refractivity contribution in [3.8, 4) is 22.3 Å². The van der Waals surface area contributed by atoms with Crippen LogP contribution in [0.1, 0.15) is 5.56 Å². The van der Waals surface area contributed by atoms with Gasteiger partial charge in [-0.25, -0.2) is 0 Å². The van der Waals surface area contributed by atoms with Crippen LogP contribution in [0.5, 0.6) is 0 Å². The highest BCUT2D eigenvalue weighted by atomic mass is 31.1. The number of benzene rings is 9. The predicted octanol–water partition coefficient (Wildman–Crippen LogP) is 14.4. The predicted molar refractivity (Wildman–Crippen MR) is 237 cm³/mol. The van der Waals surface area contributed by atoms with E-state index in [1.165, 1.54) is 24.3 Å². The first-order chi connectivity index (χ1) is 28.9. The molecular formula is C49H32N3O6P. The van der Waals surface area contributed by atoms with E-state index in [1.807, 2.05) is 54.6 Å². The Kier molecular flexibility index (Phi) is 8.85. The van der Waals surface area contributed by atoms with E-state index in [2.05, 4.69) is 83.5 Å². The Balaban J connectivity index is 1.41. The number of nitro groups is 2. The first-order valence-corrected chi connectivity index (χ1v) is 20.1. The summed E-state index contributed by atoms with van der Waals surface area (Å²) in [4.78, 5) is 22.8. The zero-order valence-corrected chi connectivity index (χ0v) is 32.2. The summed E-state index contributed by atoms with van der Waals surface area (Å²) >= 11 is 0. The van der Waals surface area contributed by atoms with Crippen LogP contribution in [0.25, 0.3) is 76.5 Å². The Morgan fingerprint density at radius 3 is 1.44 bits per heavy atom. The molecule has 0 atom stereocenters. The van der Waals surface area contributed by atoms with Crippen LogP contribution in [0.2, 0.25) is 0 Å². The molecule has 9 nitrogen and oxygen atoms in total. The highest BCUT2D eigenvalue weighted by Crippen LogP contribution is 2.50. The lowest BCUT2D eigenvalue weighted by molar-refractivity contribution is -0.385. The number of nitro benzene ring substituents is 2. The number of fused-ring (bicyclic) bond motifs is 8. The molecule has 10 heteroatoms. The van der Waals surface area contributed by atoms with E-state index in [0.29, 0.717) is 17.7 Å². The second-order valence-electron chi connectivity index (χ2n) is 14.3. The normalized spacial score (nSPS) is 11.4. The van der Waals surface area contributed by atoms with Gasteiger partial charge in [-0.05, 0) is 97.5 Å². The quantitative estimate of drug-likeness (QED) is 0.111. The van der Waals surface area contributed by atoms with Crippen LogP contribution < -0.4 is 4.67 Å². The van der Waals surface area contributed by atoms with Crippen LogP contribution >= 0.6 is 8.16 Å². The Morgan fingerprint density at radius 2 is 0.932 bits per heavy atom. The molecule has 0 unspecified atom stereocenters. The van der Waals surface area contributed by atoms with Gasteiger partial charge in [-0.2, -0.15) is 0 Å². The summed E-state index contributed by atoms with van der Waals surface area (Å²) in [6.45, 7) is 0.441. The van der Waals surface area contributed by atoms with Crippen molar-refractivity contribution in [2.45, 2.75) is 6.54 Å². The van der Waals surface area contributed by atoms with E-state index in [-0.39, 0.29) is 11.4 Å². The number of rotatable bonds is 8. The summed E-state index contributed by atoms with van der Waals surface area (Å²) in [6, 6.07) is 58.2. The molecular weight excluding hydrogens is 758 g/mol. The van der Waals surface area contributed by atoms with Gasteiger partial charge in [0.2, 0.25) is 0 Å². The highest BCUT2D eigenvalue weighted by molar-refractivity contribution is 7.39. The smallest absolute Gasteiger partial charge is 0.342 e. The third-order valence-electron chi connectivity index (χ3n) is 10.8. The highest BCUT2D eigenvalue weighted by Gasteiger charge is 2.24. The third-order valence-corrected chi connectivity index (χ3v) is 12.2. The average Bonchev–Trinajstić information content (AvgIpc) is 3.46. The van der Waals surface area contributed by atoms with Crippen molar-refractivity contribution < 1.29 is 18.2 Å². The number of hydrogen-bond acceptors (Lipinski definition) is 7. The molecule has 0 N–H and O–H groups in total. The van der Waals surface area contributed by atoms with E-state index < -0.39 is 18.0 Å². The first-order valence-electron chi connectivity index (χ1n) is 19.0. The van der Waals surface area contributed by atoms with E-state index in [0.717, 1.165) is 76.6 Å². The third kappa shape index (κ3) is 6.49. The molecule has 0 saturated heterocycles. The lowest BCUT2D eigenvalue weighted by Crippen LogP contribution is -2.12. The summed E-state index contributed by atoms with van der Waals surface area (Å²) in [7, 11) is -2.03. The molecule has 0 saturated carbocycles. The monoisotopic (exact) mass is 789 g/mol. The Bertz CT molecular complexity index is 3160. The van der Waals surface area contributed by atoms with E-state index in [4.69, 9.17) is 8.39 Å². The Hall–Kier alpha value is -7.74. The lowest BCUT2D eigenvalue weighted by Gasteiger charge is -2.22. The minimum absolute atomic E-state index is 0.0125. The second-order valence-corrected chi connectivity index (χ2v) is 15.6. The zero-order valence-electron chi connectivity index (χ0n) is 31.3. The van der Waals surface area contributed by atoms with Crippen LogP contribution in [0, 0.1) is 20.2 Å². The maximum Gasteiger partial charge on any atom is 0.342 e. The molecule has 0 bridgehead atoms. The number of hydrogen-bond donors (Lipinski definition) is 0. The van der Waals surface area contributed by atoms with Gasteiger partial charge < -0.3 is 8.39 Å². The van der Waals surface area contributed by atoms with Crippen molar-refractivity contribution in [1.82, 2.24) is 0 Å². The van der Waals surface area contributed by atoms with E-state index >= 15 is 0 Å². The van der Waals surface area contributed by atoms with Crippen molar-refractivity contribution in [3.05, 3.63) is 208 Å². The second kappa shape index (κ2) is 14.6. The van der Waals surface area contributed by atoms with Crippen molar-refractivity contribution in [2.24, 2.45) is 0 Å². The molecule has 0 spiro atoms. The summed E-state index contributed by atoms with van der Waals surface area (Å²) in [5, 5.41) is 31.1. The van der Waals surface area contributed by atoms with Gasteiger partial charge in [-0.15, -0.1) is 0 Å². The summed E-state index contributed by atoms with van der Waals surface area (Å²) in [5.74, 6) is 0. The molecule has 0 aliphatic heterocycles. The molecule has 59 heavy (non-hydrogen) atoms. The largest absolute Gasteiger partial charge is 0.403 e. The maximum absolute atomic E-state index is 11.8. The van der Waals surface area contributed by atoms with Crippen LogP contribution in [0.3, 0.4) is 0 Å². The topological polar surface area (TPSA) is 116 Å². The van der Waals surface area contributed by atoms with Gasteiger partial charge in [-0.1, -0.05) is 109 Å². The molecule has 10 aromatic rings. The molecule has 10 rings (SSSR count). The van der Waals surface area contributed by atoms with E-state index in [1.54, 1.807) is 24.3 Å². The van der Waals surface area contributed by atoms with Gasteiger partial charge in [0, 0.05) is 46.2 Å². The summed E-state index contributed by atoms with van der Waals surface area (Å²) in [6.07, 6.45) is 0. The van der Waals surface area contributed by atoms with Crippen molar-refractivity contribution >= 4 is 79.5 Å². The molecule has 284 valence electrons. The standard InChI is InChI=1S/C49H32N3O6P/c53-51(54)39-23-19-34(20-24-39)44-29-37-14-6-8-16-42(37)46-47-43-17-9-7-15-38(43)30-45(35-21-25-40(26-22-35)52(55)56)49(47)58-59(57-48(44)46)50(31-32-10-2-1-3-11-32)41-27-18-33-12-4-5-13-36(33)28-41/h1-30H,31H2. The van der Waals surface area contributed by atoms with Gasteiger partial charge >= 0.3 is 8.16 Å². The summed E-state index contributed by atoms with van der Waals surface area (Å²) < 4.78 is 17.1. The molecule has 1 heterocycles. The number of nitrogens with zero attached hydrogens (tertiary/aromatic N) is 3. The van der Waals surface area contributed by atoms with Crippen molar-refractivity contribution in [1.29, 1.82) is 0 Å². The SMILES string of the molecule is O=[N+]([O-])c1ccc(-c2cc3ccccc3c3c2op(N(Cc2ccccc2)c2ccc4ccccc4c2)oc2c(-c4ccc([N+](=O)[O-])cc4)cc4ccccc4c23)cc1. The molecule has 0 aliphatic carbocycles. The van der Waals surface area contributed by atoms with Crippen LogP contribution in [0.4, 0.5) is 17.1 Å². The summed E-state index contributed by atoms with van der Waals surface area (Å²) in [5.41, 5.74) is 6.05. The average molecular weight is 790 g/mol. The Morgan fingerprint density at radius 1 is 0.475 bits per heavy atom. The van der Waals surface area contributed by atoms with Gasteiger partial charge in [0.25, 0.3) is 11.4 Å². The molecule has 0 fully saturated rings. The molecule has 9 aromatic carbocycles. The van der Waals surface area contributed by atoms with E-state index in [9.17, 15) is 20.2 Å². The van der Waals surface area contributed by atoms with Crippen molar-refractivity contribution in [2.75, 3.05) is 4.67 Å². The maximum atomic E-state index is 11.8. The number of non-ortho nitro benzene ring substituents is 2. The fraction of sp³-hybridized carbons (Fsp3) is 0.0204. The minimum Gasteiger partial charge on any atom is -0.403 e. The fourth-order valence-electron chi connectivity index (χ4n) is 7.91.